The zero-order chi connectivity index (χ0) is 19.5. The Balaban J connectivity index is 0.00000392. The molecule has 0 spiro atoms. The summed E-state index contributed by atoms with van der Waals surface area (Å²) in [5.41, 5.74) is 0. The molecule has 8 heteroatoms. The lowest BCUT2D eigenvalue weighted by Crippen LogP contribution is -2.43. The average molecular weight is 504 g/mol. The number of aliphatic imine (C=N–C) groups is 1. The fraction of sp³-hybridized carbons (Fsp3) is 0.600. The molecular weight excluding hydrogens is 471 g/mol. The normalized spacial score (nSPS) is 16.8. The van der Waals surface area contributed by atoms with Crippen LogP contribution in [0.25, 0.3) is 0 Å². The number of amides is 1. The van der Waals surface area contributed by atoms with E-state index in [0.717, 1.165) is 31.0 Å². The maximum atomic E-state index is 12.3. The van der Waals surface area contributed by atoms with Gasteiger partial charge in [0.25, 0.3) is 0 Å². The lowest BCUT2D eigenvalue weighted by Gasteiger charge is -2.31. The molecule has 0 saturated carbocycles. The quantitative estimate of drug-likeness (QED) is 0.246. The minimum Gasteiger partial charge on any atom is -0.497 e. The topological polar surface area (TPSA) is 75.2 Å². The number of halogens is 1. The van der Waals surface area contributed by atoms with E-state index in [1.807, 2.05) is 29.2 Å². The van der Waals surface area contributed by atoms with Crippen LogP contribution in [-0.4, -0.2) is 63.7 Å². The van der Waals surface area contributed by atoms with E-state index in [4.69, 9.17) is 9.47 Å². The second kappa shape index (κ2) is 13.5. The zero-order valence-electron chi connectivity index (χ0n) is 17.1. The van der Waals surface area contributed by atoms with Gasteiger partial charge in [-0.25, -0.2) is 0 Å². The molecular formula is C20H33IN4O3. The second-order valence-electron chi connectivity index (χ2n) is 6.79. The highest BCUT2D eigenvalue weighted by atomic mass is 127. The molecule has 1 aliphatic heterocycles. The maximum Gasteiger partial charge on any atom is 0.224 e. The minimum absolute atomic E-state index is 0. The lowest BCUT2D eigenvalue weighted by molar-refractivity contribution is -0.132. The molecule has 158 valence electrons. The Morgan fingerprint density at radius 1 is 1.21 bits per heavy atom. The molecule has 1 amide bonds. The Morgan fingerprint density at radius 3 is 2.54 bits per heavy atom. The van der Waals surface area contributed by atoms with Gasteiger partial charge in [0.15, 0.2) is 5.96 Å². The number of nitrogens with zero attached hydrogens (tertiary/aromatic N) is 2. The molecule has 1 aliphatic rings. The van der Waals surface area contributed by atoms with Gasteiger partial charge in [-0.3, -0.25) is 9.79 Å². The summed E-state index contributed by atoms with van der Waals surface area (Å²) in [6.45, 7) is 5.68. The van der Waals surface area contributed by atoms with Crippen molar-refractivity contribution in [2.24, 2.45) is 10.9 Å². The van der Waals surface area contributed by atoms with Crippen LogP contribution in [0.2, 0.25) is 0 Å². The molecule has 0 aromatic heterocycles. The summed E-state index contributed by atoms with van der Waals surface area (Å²) in [7, 11) is 3.35. The Bertz CT molecular complexity index is 610. The van der Waals surface area contributed by atoms with Crippen molar-refractivity contribution in [2.75, 3.05) is 46.9 Å². The van der Waals surface area contributed by atoms with E-state index >= 15 is 0 Å². The number of rotatable bonds is 8. The van der Waals surface area contributed by atoms with Crippen molar-refractivity contribution in [1.82, 2.24) is 15.5 Å². The highest BCUT2D eigenvalue weighted by Gasteiger charge is 2.20. The van der Waals surface area contributed by atoms with Gasteiger partial charge in [-0.05, 0) is 43.0 Å². The van der Waals surface area contributed by atoms with Crippen LogP contribution in [0.4, 0.5) is 0 Å². The van der Waals surface area contributed by atoms with E-state index in [2.05, 4.69) is 22.5 Å². The molecule has 1 heterocycles. The van der Waals surface area contributed by atoms with Crippen LogP contribution in [-0.2, 0) is 4.79 Å². The first-order valence-electron chi connectivity index (χ1n) is 9.61. The molecule has 1 aromatic carbocycles. The van der Waals surface area contributed by atoms with Crippen molar-refractivity contribution in [2.45, 2.75) is 26.2 Å². The van der Waals surface area contributed by atoms with Crippen molar-refractivity contribution in [3.05, 3.63) is 24.3 Å². The molecule has 0 bridgehead atoms. The van der Waals surface area contributed by atoms with Crippen LogP contribution in [0, 0.1) is 5.92 Å². The number of ether oxygens (including phenoxy) is 2. The number of methoxy groups -OCH3 is 1. The molecule has 0 radical (unpaired) electrons. The van der Waals surface area contributed by atoms with Crippen LogP contribution in [0.3, 0.4) is 0 Å². The van der Waals surface area contributed by atoms with Gasteiger partial charge in [0.2, 0.25) is 5.91 Å². The fourth-order valence-electron chi connectivity index (χ4n) is 3.09. The third-order valence-corrected chi connectivity index (χ3v) is 4.59. The molecule has 28 heavy (non-hydrogen) atoms. The molecule has 2 rings (SSSR count). The molecule has 1 atom stereocenters. The average Bonchev–Trinajstić information content (AvgIpc) is 2.70. The standard InChI is InChI=1S/C20H32N4O3.HI/c1-16-5-4-13-24(15-16)19(25)10-11-22-20(21-2)23-12-14-27-18-8-6-17(26-3)7-9-18;/h6-9,16H,4-5,10-15H2,1-3H3,(H2,21,22,23);1H. The summed E-state index contributed by atoms with van der Waals surface area (Å²) in [4.78, 5) is 18.4. The van der Waals surface area contributed by atoms with E-state index in [9.17, 15) is 4.79 Å². The molecule has 1 fully saturated rings. The van der Waals surface area contributed by atoms with Crippen LogP contribution in [0.1, 0.15) is 26.2 Å². The van der Waals surface area contributed by atoms with Crippen LogP contribution < -0.4 is 20.1 Å². The number of hydrogen-bond donors (Lipinski definition) is 2. The van der Waals surface area contributed by atoms with Crippen molar-refractivity contribution in [3.8, 4) is 11.5 Å². The summed E-state index contributed by atoms with van der Waals surface area (Å²) < 4.78 is 10.8. The molecule has 0 aliphatic carbocycles. The smallest absolute Gasteiger partial charge is 0.224 e. The third kappa shape index (κ3) is 8.53. The highest BCUT2D eigenvalue weighted by Crippen LogP contribution is 2.17. The van der Waals surface area contributed by atoms with Crippen molar-refractivity contribution < 1.29 is 14.3 Å². The van der Waals surface area contributed by atoms with Gasteiger partial charge in [0.1, 0.15) is 18.1 Å². The predicted octanol–water partition coefficient (Wildman–Crippen LogP) is 2.51. The van der Waals surface area contributed by atoms with Gasteiger partial charge in [0.05, 0.1) is 13.7 Å². The summed E-state index contributed by atoms with van der Waals surface area (Å²) in [5.74, 6) is 3.09. The van der Waals surface area contributed by atoms with Crippen LogP contribution in [0.5, 0.6) is 11.5 Å². The summed E-state index contributed by atoms with van der Waals surface area (Å²) in [6, 6.07) is 7.48. The van der Waals surface area contributed by atoms with E-state index in [0.29, 0.717) is 38.0 Å². The van der Waals surface area contributed by atoms with E-state index in [-0.39, 0.29) is 29.9 Å². The predicted molar refractivity (Wildman–Crippen MR) is 123 cm³/mol. The summed E-state index contributed by atoms with van der Waals surface area (Å²) in [5, 5.41) is 6.37. The highest BCUT2D eigenvalue weighted by molar-refractivity contribution is 14.0. The summed E-state index contributed by atoms with van der Waals surface area (Å²) in [6.07, 6.45) is 2.81. The first kappa shape index (κ1) is 24.3. The number of benzene rings is 1. The number of carbonyl (C=O) groups excluding carboxylic acids is 1. The van der Waals surface area contributed by atoms with Crippen LogP contribution in [0.15, 0.2) is 29.3 Å². The Labute approximate surface area is 185 Å². The zero-order valence-corrected chi connectivity index (χ0v) is 19.4. The number of nitrogens with one attached hydrogen (secondary N) is 2. The molecule has 1 aromatic rings. The first-order valence-corrected chi connectivity index (χ1v) is 9.61. The van der Waals surface area contributed by atoms with Crippen LogP contribution >= 0.6 is 24.0 Å². The third-order valence-electron chi connectivity index (χ3n) is 4.59. The van der Waals surface area contributed by atoms with Crippen molar-refractivity contribution >= 4 is 35.8 Å². The van der Waals surface area contributed by atoms with Gasteiger partial charge in [0, 0.05) is 33.1 Å². The SMILES string of the molecule is CN=C(NCCOc1ccc(OC)cc1)NCCC(=O)N1CCCC(C)C1.I. The monoisotopic (exact) mass is 504 g/mol. The fourth-order valence-corrected chi connectivity index (χ4v) is 3.09. The van der Waals surface area contributed by atoms with Gasteiger partial charge >= 0.3 is 0 Å². The second-order valence-corrected chi connectivity index (χ2v) is 6.79. The number of hydrogen-bond acceptors (Lipinski definition) is 4. The molecule has 1 saturated heterocycles. The van der Waals surface area contributed by atoms with E-state index in [1.54, 1.807) is 14.2 Å². The van der Waals surface area contributed by atoms with Gasteiger partial charge in [-0.2, -0.15) is 0 Å². The van der Waals surface area contributed by atoms with Gasteiger partial charge in [-0.15, -0.1) is 24.0 Å². The maximum absolute atomic E-state index is 12.3. The largest absolute Gasteiger partial charge is 0.497 e. The molecule has 2 N–H and O–H groups in total. The molecule has 7 nitrogen and oxygen atoms in total. The number of carbonyl (C=O) groups is 1. The van der Waals surface area contributed by atoms with Crippen molar-refractivity contribution in [1.29, 1.82) is 0 Å². The number of piperidine rings is 1. The number of guanidine groups is 1. The number of likely N-dealkylation sites (tertiary alicyclic amines) is 1. The Kier molecular flexibility index (Phi) is 11.7. The first-order chi connectivity index (χ1) is 13.1. The van der Waals surface area contributed by atoms with Gasteiger partial charge in [-0.1, -0.05) is 6.92 Å². The lowest BCUT2D eigenvalue weighted by atomic mass is 10.00. The van der Waals surface area contributed by atoms with E-state index in [1.165, 1.54) is 6.42 Å². The minimum atomic E-state index is 0. The Morgan fingerprint density at radius 2 is 1.89 bits per heavy atom. The Hall–Kier alpha value is -1.71. The van der Waals surface area contributed by atoms with E-state index < -0.39 is 0 Å². The van der Waals surface area contributed by atoms with Crippen molar-refractivity contribution in [3.63, 3.8) is 0 Å². The summed E-state index contributed by atoms with van der Waals surface area (Å²) >= 11 is 0. The van der Waals surface area contributed by atoms with Gasteiger partial charge < -0.3 is 25.0 Å². The molecule has 1 unspecified atom stereocenters.